The summed E-state index contributed by atoms with van der Waals surface area (Å²) in [6, 6.07) is 6.15. The molecular weight excluding hydrogens is 364 g/mol. The van der Waals surface area contributed by atoms with Crippen LogP contribution in [0.1, 0.15) is 16.1 Å². The number of aromatic amines is 1. The van der Waals surface area contributed by atoms with Crippen LogP contribution in [-0.4, -0.2) is 15.8 Å². The van der Waals surface area contributed by atoms with E-state index in [9.17, 15) is 18.0 Å². The summed E-state index contributed by atoms with van der Waals surface area (Å²) in [6.07, 6.45) is 0. The topological polar surface area (TPSA) is 45.8 Å². The molecule has 1 N–H and O–H groups in total. The first-order chi connectivity index (χ1) is 11.4. The molecule has 0 fully saturated rings. The highest BCUT2D eigenvalue weighted by molar-refractivity contribution is 6.34. The Morgan fingerprint density at radius 1 is 1.00 bits per heavy atom. The van der Waals surface area contributed by atoms with Crippen molar-refractivity contribution in [1.29, 1.82) is 0 Å². The maximum Gasteiger partial charge on any atom is 0.217 e. The van der Waals surface area contributed by atoms with E-state index in [0.29, 0.717) is 11.6 Å². The molecule has 0 saturated heterocycles. The van der Waals surface area contributed by atoms with Crippen LogP contribution in [0.15, 0.2) is 36.4 Å². The van der Waals surface area contributed by atoms with Crippen molar-refractivity contribution in [3.8, 4) is 11.4 Å². The molecule has 0 aliphatic heterocycles. The Labute approximate surface area is 144 Å². The van der Waals surface area contributed by atoms with Gasteiger partial charge in [-0.05, 0) is 30.3 Å². The van der Waals surface area contributed by atoms with Crippen LogP contribution in [0.25, 0.3) is 11.4 Å². The van der Waals surface area contributed by atoms with Crippen LogP contribution in [-0.2, 0) is 0 Å². The largest absolute Gasteiger partial charge is 0.328 e. The van der Waals surface area contributed by atoms with Gasteiger partial charge in [0.15, 0.2) is 0 Å². The average Bonchev–Trinajstić information content (AvgIpc) is 2.88. The molecule has 0 radical (unpaired) electrons. The predicted molar refractivity (Wildman–Crippen MR) is 83.8 cm³/mol. The monoisotopic (exact) mass is 370 g/mol. The minimum Gasteiger partial charge on any atom is -0.328 e. The average molecular weight is 371 g/mol. The van der Waals surface area contributed by atoms with Crippen molar-refractivity contribution in [1.82, 2.24) is 9.97 Å². The van der Waals surface area contributed by atoms with E-state index in [-0.39, 0.29) is 27.3 Å². The van der Waals surface area contributed by atoms with Crippen LogP contribution in [0.3, 0.4) is 0 Å². The number of hydrogen-bond acceptors (Lipinski definition) is 2. The molecule has 0 spiro atoms. The van der Waals surface area contributed by atoms with Crippen LogP contribution >= 0.6 is 23.2 Å². The molecule has 0 atom stereocenters. The van der Waals surface area contributed by atoms with E-state index in [1.54, 1.807) is 0 Å². The Morgan fingerprint density at radius 2 is 1.67 bits per heavy atom. The summed E-state index contributed by atoms with van der Waals surface area (Å²) in [7, 11) is 0. The molecule has 0 aliphatic rings. The number of nitrogens with zero attached hydrogens (tertiary/aromatic N) is 1. The smallest absolute Gasteiger partial charge is 0.217 e. The van der Waals surface area contributed by atoms with Gasteiger partial charge in [0.05, 0.1) is 10.6 Å². The third-order valence-electron chi connectivity index (χ3n) is 3.24. The number of aromatic nitrogens is 2. The summed E-state index contributed by atoms with van der Waals surface area (Å²) in [6.45, 7) is 0. The molecule has 0 amide bonds. The molecule has 8 heteroatoms. The van der Waals surface area contributed by atoms with E-state index >= 15 is 0 Å². The second-order valence-electron chi connectivity index (χ2n) is 4.83. The molecule has 3 nitrogen and oxygen atoms in total. The molecule has 3 aromatic rings. The number of nitrogens with one attached hydrogen (secondary N) is 1. The molecule has 122 valence electrons. The van der Waals surface area contributed by atoms with E-state index in [0.717, 1.165) is 18.2 Å². The van der Waals surface area contributed by atoms with Gasteiger partial charge in [0, 0.05) is 11.6 Å². The number of ketones is 1. The summed E-state index contributed by atoms with van der Waals surface area (Å²) in [5.41, 5.74) is -0.308. The molecule has 3 rings (SSSR count). The van der Waals surface area contributed by atoms with Gasteiger partial charge in [-0.2, -0.15) is 0 Å². The standard InChI is InChI=1S/C16H7Cl2F3N2O/c17-11-5-7(19)1-3-9(11)16-22-13(15(18)23-16)14(24)10-4-2-8(20)6-12(10)21/h1-6H,(H,22,23). The molecule has 0 unspecified atom stereocenters. The number of carbonyl (C=O) groups is 1. The van der Waals surface area contributed by atoms with Crippen molar-refractivity contribution in [3.63, 3.8) is 0 Å². The highest BCUT2D eigenvalue weighted by Gasteiger charge is 2.22. The summed E-state index contributed by atoms with van der Waals surface area (Å²) in [5, 5.41) is -0.0773. The van der Waals surface area contributed by atoms with Gasteiger partial charge in [0.2, 0.25) is 5.78 Å². The maximum absolute atomic E-state index is 13.8. The lowest BCUT2D eigenvalue weighted by molar-refractivity contribution is 0.103. The lowest BCUT2D eigenvalue weighted by Gasteiger charge is -2.01. The van der Waals surface area contributed by atoms with Crippen LogP contribution in [0, 0.1) is 17.5 Å². The van der Waals surface area contributed by atoms with E-state index in [1.807, 2.05) is 0 Å². The fourth-order valence-corrected chi connectivity index (χ4v) is 2.59. The second-order valence-corrected chi connectivity index (χ2v) is 5.61. The zero-order valence-electron chi connectivity index (χ0n) is 11.7. The van der Waals surface area contributed by atoms with Crippen molar-refractivity contribution < 1.29 is 18.0 Å². The number of imidazole rings is 1. The van der Waals surface area contributed by atoms with Gasteiger partial charge < -0.3 is 4.98 Å². The van der Waals surface area contributed by atoms with Crippen molar-refractivity contribution in [2.45, 2.75) is 0 Å². The third kappa shape index (κ3) is 3.02. The highest BCUT2D eigenvalue weighted by atomic mass is 35.5. The van der Waals surface area contributed by atoms with Crippen LogP contribution in [0.2, 0.25) is 10.2 Å². The summed E-state index contributed by atoms with van der Waals surface area (Å²) in [5.74, 6) is -3.07. The van der Waals surface area contributed by atoms with Gasteiger partial charge >= 0.3 is 0 Å². The first-order valence-electron chi connectivity index (χ1n) is 6.57. The van der Waals surface area contributed by atoms with E-state index in [2.05, 4.69) is 9.97 Å². The van der Waals surface area contributed by atoms with Crippen molar-refractivity contribution in [2.75, 3.05) is 0 Å². The minimum absolute atomic E-state index is 0.0624. The molecule has 0 bridgehead atoms. The number of H-pyrrole nitrogens is 1. The molecule has 24 heavy (non-hydrogen) atoms. The fraction of sp³-hybridized carbons (Fsp3) is 0. The zero-order valence-corrected chi connectivity index (χ0v) is 13.2. The van der Waals surface area contributed by atoms with E-state index < -0.39 is 23.2 Å². The summed E-state index contributed by atoms with van der Waals surface area (Å²) >= 11 is 11.9. The van der Waals surface area contributed by atoms with E-state index in [1.165, 1.54) is 12.1 Å². The molecular formula is C16H7Cl2F3N2O. The highest BCUT2D eigenvalue weighted by Crippen LogP contribution is 2.29. The number of benzene rings is 2. The minimum atomic E-state index is -1.03. The number of rotatable bonds is 3. The number of halogens is 5. The van der Waals surface area contributed by atoms with E-state index in [4.69, 9.17) is 23.2 Å². The Bertz CT molecular complexity index is 956. The Kier molecular flexibility index (Phi) is 4.34. The van der Waals surface area contributed by atoms with Gasteiger partial charge in [-0.3, -0.25) is 4.79 Å². The van der Waals surface area contributed by atoms with Crippen LogP contribution < -0.4 is 0 Å². The maximum atomic E-state index is 13.8. The van der Waals surface area contributed by atoms with Crippen LogP contribution in [0.4, 0.5) is 13.2 Å². The first kappa shape index (κ1) is 16.5. The molecule has 1 aromatic heterocycles. The van der Waals surface area contributed by atoms with Gasteiger partial charge in [-0.15, -0.1) is 0 Å². The predicted octanol–water partition coefficient (Wildman–Crippen LogP) is 5.03. The normalized spacial score (nSPS) is 10.9. The lowest BCUT2D eigenvalue weighted by atomic mass is 10.1. The second kappa shape index (κ2) is 6.30. The fourth-order valence-electron chi connectivity index (χ4n) is 2.11. The Balaban J connectivity index is 2.04. The SMILES string of the molecule is O=C(c1ccc(F)cc1F)c1nc(-c2ccc(F)cc2Cl)[nH]c1Cl. The van der Waals surface area contributed by atoms with Crippen LogP contribution in [0.5, 0.6) is 0 Å². The summed E-state index contributed by atoms with van der Waals surface area (Å²) < 4.78 is 39.8. The number of carbonyl (C=O) groups excluding carboxylic acids is 1. The quantitative estimate of drug-likeness (QED) is 0.657. The van der Waals surface area contributed by atoms with Crippen molar-refractivity contribution in [2.24, 2.45) is 0 Å². The van der Waals surface area contributed by atoms with Gasteiger partial charge in [0.25, 0.3) is 0 Å². The molecule has 1 heterocycles. The van der Waals surface area contributed by atoms with Gasteiger partial charge in [0.1, 0.15) is 34.1 Å². The Hall–Kier alpha value is -2.31. The lowest BCUT2D eigenvalue weighted by Crippen LogP contribution is -2.06. The van der Waals surface area contributed by atoms with Crippen molar-refractivity contribution in [3.05, 3.63) is 75.3 Å². The first-order valence-corrected chi connectivity index (χ1v) is 7.33. The van der Waals surface area contributed by atoms with Gasteiger partial charge in [-0.1, -0.05) is 23.2 Å². The number of hydrogen-bond donors (Lipinski definition) is 1. The summed E-state index contributed by atoms with van der Waals surface area (Å²) in [4.78, 5) is 19.0. The van der Waals surface area contributed by atoms with Gasteiger partial charge in [-0.25, -0.2) is 18.2 Å². The Morgan fingerprint density at radius 3 is 2.33 bits per heavy atom. The molecule has 2 aromatic carbocycles. The third-order valence-corrected chi connectivity index (χ3v) is 3.82. The molecule has 0 aliphatic carbocycles. The molecule has 0 saturated carbocycles. The zero-order chi connectivity index (χ0) is 17.4. The van der Waals surface area contributed by atoms with Crippen molar-refractivity contribution >= 4 is 29.0 Å².